The third-order valence-corrected chi connectivity index (χ3v) is 6.70. The number of thiophene rings is 1. The van der Waals surface area contributed by atoms with Crippen molar-refractivity contribution in [3.63, 3.8) is 0 Å². The van der Waals surface area contributed by atoms with E-state index in [1.165, 1.54) is 28.0 Å². The first-order valence-corrected chi connectivity index (χ1v) is 10.9. The van der Waals surface area contributed by atoms with Crippen LogP contribution in [0, 0.1) is 13.8 Å². The smallest absolute Gasteiger partial charge is 0.263 e. The lowest BCUT2D eigenvalue weighted by molar-refractivity contribution is -0.132. The van der Waals surface area contributed by atoms with Gasteiger partial charge < -0.3 is 10.2 Å². The molecule has 2 amide bonds. The van der Waals surface area contributed by atoms with Gasteiger partial charge in [-0.3, -0.25) is 19.0 Å². The average Bonchev–Trinajstić information content (AvgIpc) is 3.40. The highest BCUT2D eigenvalue weighted by Gasteiger charge is 2.24. The maximum atomic E-state index is 12.9. The van der Waals surface area contributed by atoms with Crippen molar-refractivity contribution in [2.75, 3.05) is 19.3 Å². The van der Waals surface area contributed by atoms with E-state index >= 15 is 0 Å². The van der Waals surface area contributed by atoms with E-state index in [1.54, 1.807) is 17.7 Å². The van der Waals surface area contributed by atoms with E-state index in [0.29, 0.717) is 21.9 Å². The number of hydrogen-bond acceptors (Lipinski definition) is 6. The molecule has 0 spiro atoms. The van der Waals surface area contributed by atoms with Gasteiger partial charge in [0.05, 0.1) is 17.7 Å². The molecule has 2 aromatic rings. The average molecular weight is 421 g/mol. The van der Waals surface area contributed by atoms with Gasteiger partial charge in [-0.05, 0) is 32.3 Å². The van der Waals surface area contributed by atoms with Crippen LogP contribution in [0.25, 0.3) is 10.2 Å². The van der Waals surface area contributed by atoms with Crippen molar-refractivity contribution in [2.45, 2.75) is 44.4 Å². The zero-order valence-corrected chi connectivity index (χ0v) is 17.9. The number of fused-ring (bicyclic) bond motifs is 1. The van der Waals surface area contributed by atoms with Crippen LogP contribution in [0.5, 0.6) is 0 Å². The van der Waals surface area contributed by atoms with Crippen LogP contribution in [0.4, 0.5) is 0 Å². The molecule has 0 aromatic carbocycles. The monoisotopic (exact) mass is 420 g/mol. The number of likely N-dealkylation sites (N-methyl/N-ethyl adjacent to an activating group) is 1. The molecule has 1 fully saturated rings. The van der Waals surface area contributed by atoms with Crippen LogP contribution in [0.2, 0.25) is 0 Å². The largest absolute Gasteiger partial charge is 0.352 e. The number of carbonyl (C=O) groups is 2. The number of amides is 2. The predicted molar refractivity (Wildman–Crippen MR) is 113 cm³/mol. The van der Waals surface area contributed by atoms with Crippen molar-refractivity contribution in [3.05, 3.63) is 33.4 Å². The summed E-state index contributed by atoms with van der Waals surface area (Å²) in [5.74, 6) is -0.226. The molecule has 2 heterocycles. The van der Waals surface area contributed by atoms with Crippen molar-refractivity contribution < 1.29 is 9.59 Å². The van der Waals surface area contributed by atoms with Crippen LogP contribution in [-0.4, -0.2) is 51.7 Å². The van der Waals surface area contributed by atoms with Crippen molar-refractivity contribution in [1.29, 1.82) is 0 Å². The van der Waals surface area contributed by atoms with Crippen molar-refractivity contribution in [2.24, 2.45) is 0 Å². The highest BCUT2D eigenvalue weighted by Crippen LogP contribution is 2.28. The molecule has 0 saturated heterocycles. The zero-order chi connectivity index (χ0) is 20.4. The van der Waals surface area contributed by atoms with Gasteiger partial charge in [0.15, 0.2) is 5.16 Å². The van der Waals surface area contributed by atoms with Gasteiger partial charge >= 0.3 is 0 Å². The summed E-state index contributed by atoms with van der Waals surface area (Å²) < 4.78 is 1.55. The number of thioether (sulfide) groups is 1. The van der Waals surface area contributed by atoms with Gasteiger partial charge in [0.1, 0.15) is 4.83 Å². The van der Waals surface area contributed by atoms with E-state index < -0.39 is 0 Å². The highest BCUT2D eigenvalue weighted by atomic mass is 32.2. The van der Waals surface area contributed by atoms with Gasteiger partial charge in [-0.15, -0.1) is 17.9 Å². The lowest BCUT2D eigenvalue weighted by Crippen LogP contribution is -2.39. The highest BCUT2D eigenvalue weighted by molar-refractivity contribution is 7.99. The van der Waals surface area contributed by atoms with Crippen LogP contribution >= 0.6 is 23.1 Å². The molecular weight excluding hydrogens is 396 g/mol. The third kappa shape index (κ3) is 4.47. The Morgan fingerprint density at radius 2 is 2.14 bits per heavy atom. The Kier molecular flexibility index (Phi) is 6.24. The molecule has 1 aliphatic carbocycles. The minimum absolute atomic E-state index is 0.0329. The molecule has 0 aliphatic heterocycles. The summed E-state index contributed by atoms with van der Waals surface area (Å²) >= 11 is 2.69. The topological polar surface area (TPSA) is 84.3 Å². The van der Waals surface area contributed by atoms with Gasteiger partial charge in [0, 0.05) is 24.5 Å². The second-order valence-corrected chi connectivity index (χ2v) is 9.09. The summed E-state index contributed by atoms with van der Waals surface area (Å²) in [5, 5.41) is 3.99. The second-order valence-electron chi connectivity index (χ2n) is 6.94. The van der Waals surface area contributed by atoms with Crippen molar-refractivity contribution in [3.8, 4) is 0 Å². The standard InChI is InChI=1S/C19H24N4O3S2/c1-5-8-23-18(26)16-11(2)12(3)28-17(16)21-19(23)27-10-15(25)22(4)9-14(24)20-13-6-7-13/h5,13H,1,6-10H2,2-4H3,(H,20,24). The maximum absolute atomic E-state index is 12.9. The third-order valence-electron chi connectivity index (χ3n) is 4.64. The van der Waals surface area contributed by atoms with E-state index in [1.807, 2.05) is 13.8 Å². The Morgan fingerprint density at radius 1 is 1.43 bits per heavy atom. The number of nitrogens with zero attached hydrogens (tertiary/aromatic N) is 3. The molecule has 1 aliphatic rings. The van der Waals surface area contributed by atoms with Crippen LogP contribution in [0.3, 0.4) is 0 Å². The van der Waals surface area contributed by atoms with E-state index in [0.717, 1.165) is 23.3 Å². The minimum Gasteiger partial charge on any atom is -0.352 e. The van der Waals surface area contributed by atoms with Gasteiger partial charge in [-0.25, -0.2) is 4.98 Å². The maximum Gasteiger partial charge on any atom is 0.263 e. The molecular formula is C19H24N4O3S2. The summed E-state index contributed by atoms with van der Waals surface area (Å²) in [4.78, 5) is 45.0. The molecule has 1 saturated carbocycles. The van der Waals surface area contributed by atoms with E-state index in [4.69, 9.17) is 0 Å². The van der Waals surface area contributed by atoms with Crippen LogP contribution in [0.15, 0.2) is 22.6 Å². The summed E-state index contributed by atoms with van der Waals surface area (Å²) in [5.41, 5.74) is 0.836. The fraction of sp³-hybridized carbons (Fsp3) is 0.474. The molecule has 150 valence electrons. The Bertz CT molecular complexity index is 991. The Hall–Kier alpha value is -2.13. The fourth-order valence-electron chi connectivity index (χ4n) is 2.75. The van der Waals surface area contributed by atoms with Crippen molar-refractivity contribution in [1.82, 2.24) is 19.8 Å². The number of allylic oxidation sites excluding steroid dienone is 1. The molecule has 28 heavy (non-hydrogen) atoms. The summed E-state index contributed by atoms with van der Waals surface area (Å²) in [6.07, 6.45) is 3.66. The predicted octanol–water partition coefficient (Wildman–Crippen LogP) is 2.09. The number of nitrogens with one attached hydrogen (secondary N) is 1. The van der Waals surface area contributed by atoms with Crippen LogP contribution < -0.4 is 10.9 Å². The quantitative estimate of drug-likeness (QED) is 0.402. The minimum atomic E-state index is -0.186. The molecule has 2 aromatic heterocycles. The first kappa shape index (κ1) is 20.6. The van der Waals surface area contributed by atoms with E-state index in [-0.39, 0.29) is 35.7 Å². The number of aryl methyl sites for hydroxylation is 2. The Morgan fingerprint density at radius 3 is 2.79 bits per heavy atom. The summed E-state index contributed by atoms with van der Waals surface area (Å²) in [6, 6.07) is 0.271. The van der Waals surface area contributed by atoms with Gasteiger partial charge in [-0.2, -0.15) is 0 Å². The van der Waals surface area contributed by atoms with Gasteiger partial charge in [-0.1, -0.05) is 17.8 Å². The lowest BCUT2D eigenvalue weighted by Gasteiger charge is -2.17. The molecule has 0 atom stereocenters. The Balaban J connectivity index is 1.74. The number of rotatable bonds is 8. The van der Waals surface area contributed by atoms with Crippen LogP contribution in [0.1, 0.15) is 23.3 Å². The van der Waals surface area contributed by atoms with Gasteiger partial charge in [0.2, 0.25) is 11.8 Å². The molecule has 0 radical (unpaired) electrons. The number of carbonyl (C=O) groups excluding carboxylic acids is 2. The summed E-state index contributed by atoms with van der Waals surface area (Å²) in [6.45, 7) is 7.97. The Labute approximate surface area is 171 Å². The normalized spacial score (nSPS) is 13.5. The lowest BCUT2D eigenvalue weighted by atomic mass is 10.2. The summed E-state index contributed by atoms with van der Waals surface area (Å²) in [7, 11) is 1.61. The first-order valence-electron chi connectivity index (χ1n) is 9.09. The van der Waals surface area contributed by atoms with Gasteiger partial charge in [0.25, 0.3) is 5.56 Å². The van der Waals surface area contributed by atoms with Crippen molar-refractivity contribution >= 4 is 45.1 Å². The van der Waals surface area contributed by atoms with Crippen LogP contribution in [-0.2, 0) is 16.1 Å². The second kappa shape index (κ2) is 8.48. The molecule has 7 nitrogen and oxygen atoms in total. The SMILES string of the molecule is C=CCn1c(SCC(=O)N(C)CC(=O)NC2CC2)nc2sc(C)c(C)c2c1=O. The van der Waals surface area contributed by atoms with E-state index in [9.17, 15) is 14.4 Å². The molecule has 1 N–H and O–H groups in total. The van der Waals surface area contributed by atoms with E-state index in [2.05, 4.69) is 16.9 Å². The molecule has 0 bridgehead atoms. The first-order chi connectivity index (χ1) is 13.3. The number of aromatic nitrogens is 2. The number of hydrogen-bond donors (Lipinski definition) is 1. The molecule has 3 rings (SSSR count). The zero-order valence-electron chi connectivity index (χ0n) is 16.3. The molecule has 9 heteroatoms. The fourth-order valence-corrected chi connectivity index (χ4v) is 4.77. The molecule has 0 unspecified atom stereocenters.